The fourth-order valence-electron chi connectivity index (χ4n) is 9.61. The highest BCUT2D eigenvalue weighted by atomic mass is 19.4. The first-order chi connectivity index (χ1) is 20.8. The fraction of sp³-hybridized carbons (Fsp3) is 0.647. The lowest BCUT2D eigenvalue weighted by Gasteiger charge is -2.65. The summed E-state index contributed by atoms with van der Waals surface area (Å²) in [5, 5.41) is 5.96. The average Bonchev–Trinajstić information content (AvgIpc) is 2.90. The number of unbranched alkanes of at least 4 members (excludes halogenated alkanes) is 4. The van der Waals surface area contributed by atoms with Crippen LogP contribution in [0.4, 0.5) is 13.2 Å². The van der Waals surface area contributed by atoms with Crippen molar-refractivity contribution in [3.8, 4) is 11.8 Å². The third-order valence-corrected chi connectivity index (χ3v) is 10.3. The lowest BCUT2D eigenvalue weighted by molar-refractivity contribution is -0.150. The summed E-state index contributed by atoms with van der Waals surface area (Å²) < 4.78 is 42.3. The number of hydrogen-bond donors (Lipinski definition) is 2. The zero-order valence-electron chi connectivity index (χ0n) is 25.5. The van der Waals surface area contributed by atoms with E-state index >= 15 is 0 Å². The Hall–Kier alpha value is -3.19. The Balaban J connectivity index is 1.07. The number of benzene rings is 1. The second-order valence-electron chi connectivity index (χ2n) is 14.6. The van der Waals surface area contributed by atoms with E-state index in [9.17, 15) is 27.6 Å². The van der Waals surface area contributed by atoms with E-state index in [0.29, 0.717) is 27.4 Å². The van der Waals surface area contributed by atoms with Crippen LogP contribution < -0.4 is 16.2 Å². The molecule has 0 radical (unpaired) electrons. The molecule has 0 unspecified atom stereocenters. The van der Waals surface area contributed by atoms with Gasteiger partial charge in [0.05, 0.1) is 10.9 Å². The van der Waals surface area contributed by atoms with Crippen molar-refractivity contribution in [3.05, 3.63) is 39.9 Å². The van der Waals surface area contributed by atoms with Gasteiger partial charge in [-0.1, -0.05) is 44.6 Å². The molecule has 5 aliphatic rings. The highest BCUT2D eigenvalue weighted by molar-refractivity contribution is 5.99. The predicted molar refractivity (Wildman–Crippen MR) is 161 cm³/mol. The maximum atomic E-state index is 14.0. The molecule has 5 fully saturated rings. The summed E-state index contributed by atoms with van der Waals surface area (Å²) >= 11 is 0. The number of imide groups is 1. The van der Waals surface area contributed by atoms with Gasteiger partial charge in [0.15, 0.2) is 0 Å². The standard InChI is InChI=1S/C34H41F3N4O3/c1-31-16-22-17-32(2,19-31)21-33(18-22,20-31)38-15-8-6-4-3-5-7-10-23-11-9-12-24-27(23)29(44)41(30(39-24)34(35,36)37)25-13-14-26(42)40-28(25)43/h9,11-12,22,25,38H,3-6,8,13-21H2,1-2H3,(H,40,42,43)/t22?,25-,31+,32+,33?/m0/s1. The molecule has 44 heavy (non-hydrogen) atoms. The van der Waals surface area contributed by atoms with Gasteiger partial charge in [0, 0.05) is 23.9 Å². The van der Waals surface area contributed by atoms with Crippen LogP contribution in [0, 0.1) is 28.6 Å². The number of aromatic nitrogens is 2. The van der Waals surface area contributed by atoms with Crippen molar-refractivity contribution in [2.75, 3.05) is 6.54 Å². The van der Waals surface area contributed by atoms with Crippen LogP contribution in [0.15, 0.2) is 23.0 Å². The first kappa shape index (κ1) is 30.8. The number of nitrogens with zero attached hydrogens (tertiary/aromatic N) is 2. The third kappa shape index (κ3) is 6.04. The van der Waals surface area contributed by atoms with E-state index in [2.05, 4.69) is 36.0 Å². The third-order valence-electron chi connectivity index (χ3n) is 10.3. The highest BCUT2D eigenvalue weighted by Gasteiger charge is 2.59. The molecular formula is C34H41F3N4O3. The average molecular weight is 611 g/mol. The molecule has 2 amide bonds. The molecule has 7 rings (SSSR count). The first-order valence-electron chi connectivity index (χ1n) is 16.0. The van der Waals surface area contributed by atoms with Crippen LogP contribution in [-0.2, 0) is 15.8 Å². The van der Waals surface area contributed by atoms with Crippen LogP contribution in [0.5, 0.6) is 0 Å². The largest absolute Gasteiger partial charge is 0.449 e. The van der Waals surface area contributed by atoms with Gasteiger partial charge in [-0.3, -0.25) is 24.3 Å². The molecular weight excluding hydrogens is 569 g/mol. The molecule has 2 N–H and O–H groups in total. The van der Waals surface area contributed by atoms with E-state index in [1.54, 1.807) is 6.07 Å². The van der Waals surface area contributed by atoms with Crippen molar-refractivity contribution in [1.82, 2.24) is 20.2 Å². The van der Waals surface area contributed by atoms with Crippen molar-refractivity contribution in [1.29, 1.82) is 0 Å². The van der Waals surface area contributed by atoms with Gasteiger partial charge in [-0.2, -0.15) is 13.2 Å². The van der Waals surface area contributed by atoms with Crippen LogP contribution in [0.3, 0.4) is 0 Å². The van der Waals surface area contributed by atoms with Crippen LogP contribution in [0.25, 0.3) is 10.9 Å². The van der Waals surface area contributed by atoms with Crippen molar-refractivity contribution in [3.63, 3.8) is 0 Å². The molecule has 236 valence electrons. The smallest absolute Gasteiger partial charge is 0.311 e. The Kier molecular flexibility index (Phi) is 7.92. The van der Waals surface area contributed by atoms with Crippen molar-refractivity contribution >= 4 is 22.7 Å². The predicted octanol–water partition coefficient (Wildman–Crippen LogP) is 6.03. The number of nitrogens with one attached hydrogen (secondary N) is 2. The number of piperidine rings is 1. The van der Waals surface area contributed by atoms with Crippen molar-refractivity contribution in [2.45, 2.75) is 115 Å². The minimum atomic E-state index is -4.97. The molecule has 1 aromatic carbocycles. The molecule has 2 heterocycles. The summed E-state index contributed by atoms with van der Waals surface area (Å²) in [6.07, 6.45) is 7.46. The number of hydrogen-bond acceptors (Lipinski definition) is 5. The zero-order valence-corrected chi connectivity index (χ0v) is 25.5. The summed E-state index contributed by atoms with van der Waals surface area (Å²) in [6, 6.07) is 2.95. The van der Waals surface area contributed by atoms with Crippen molar-refractivity contribution in [2.24, 2.45) is 16.7 Å². The molecule has 4 saturated carbocycles. The van der Waals surface area contributed by atoms with E-state index in [1.165, 1.54) is 50.7 Å². The lowest BCUT2D eigenvalue weighted by atomic mass is 9.43. The Morgan fingerprint density at radius 1 is 1.02 bits per heavy atom. The molecule has 10 heteroatoms. The number of fused-ring (bicyclic) bond motifs is 1. The highest BCUT2D eigenvalue weighted by Crippen LogP contribution is 2.66. The maximum Gasteiger partial charge on any atom is 0.449 e. The number of alkyl halides is 3. The second-order valence-corrected chi connectivity index (χ2v) is 14.6. The number of amides is 2. The number of rotatable bonds is 8. The van der Waals surface area contributed by atoms with Gasteiger partial charge in [0.2, 0.25) is 17.6 Å². The lowest BCUT2D eigenvalue weighted by Crippen LogP contribution is -2.64. The van der Waals surface area contributed by atoms with E-state index in [0.717, 1.165) is 38.1 Å². The Morgan fingerprint density at radius 2 is 1.75 bits per heavy atom. The first-order valence-corrected chi connectivity index (χ1v) is 16.0. The number of carbonyl (C=O) groups is 2. The van der Waals surface area contributed by atoms with Gasteiger partial charge < -0.3 is 5.32 Å². The van der Waals surface area contributed by atoms with Gasteiger partial charge in [0.25, 0.3) is 5.56 Å². The molecule has 7 nitrogen and oxygen atoms in total. The summed E-state index contributed by atoms with van der Waals surface area (Å²) in [4.78, 5) is 41.3. The van der Waals surface area contributed by atoms with Crippen LogP contribution >= 0.6 is 0 Å². The zero-order chi connectivity index (χ0) is 31.3. The van der Waals surface area contributed by atoms with E-state index in [4.69, 9.17) is 0 Å². The maximum absolute atomic E-state index is 14.0. The minimum Gasteiger partial charge on any atom is -0.311 e. The SMILES string of the molecule is C[C@]12CC3CC(NCCCCCCC#Cc4cccc5nc(C(F)(F)F)n([C@H]6CCC(=O)NC6=O)c(=O)c45)(C1)C[C@](C)(C3)C2. The van der Waals surface area contributed by atoms with E-state index < -0.39 is 35.4 Å². The quantitative estimate of drug-likeness (QED) is 0.216. The molecule has 1 saturated heterocycles. The normalized spacial score (nSPS) is 31.2. The van der Waals surface area contributed by atoms with Gasteiger partial charge >= 0.3 is 6.18 Å². The van der Waals surface area contributed by atoms with Gasteiger partial charge in [-0.25, -0.2) is 4.98 Å². The van der Waals surface area contributed by atoms with Crippen molar-refractivity contribution < 1.29 is 22.8 Å². The topological polar surface area (TPSA) is 93.1 Å². The molecule has 1 aromatic heterocycles. The Labute approximate surface area is 255 Å². The summed E-state index contributed by atoms with van der Waals surface area (Å²) in [5.74, 6) is 3.92. The minimum absolute atomic E-state index is 0.0591. The summed E-state index contributed by atoms with van der Waals surface area (Å²) in [6.45, 7) is 6.03. The molecule has 3 atom stereocenters. The van der Waals surface area contributed by atoms with E-state index in [-0.39, 0.29) is 29.3 Å². The Bertz CT molecular complexity index is 1580. The Morgan fingerprint density at radius 3 is 2.43 bits per heavy atom. The second kappa shape index (κ2) is 11.3. The van der Waals surface area contributed by atoms with E-state index in [1.807, 2.05) is 5.32 Å². The number of carbonyl (C=O) groups excluding carboxylic acids is 2. The molecule has 2 aromatic rings. The monoisotopic (exact) mass is 610 g/mol. The van der Waals surface area contributed by atoms with Crippen LogP contribution in [0.2, 0.25) is 0 Å². The van der Waals surface area contributed by atoms with Crippen LogP contribution in [0.1, 0.15) is 115 Å². The fourth-order valence-corrected chi connectivity index (χ4v) is 9.61. The molecule has 4 aliphatic carbocycles. The van der Waals surface area contributed by atoms with Gasteiger partial charge in [-0.15, -0.1) is 0 Å². The van der Waals surface area contributed by atoms with Gasteiger partial charge in [0.1, 0.15) is 6.04 Å². The van der Waals surface area contributed by atoms with Gasteiger partial charge in [-0.05, 0) is 93.2 Å². The number of halogens is 3. The molecule has 1 aliphatic heterocycles. The summed E-state index contributed by atoms with van der Waals surface area (Å²) in [7, 11) is 0. The molecule has 0 spiro atoms. The van der Waals surface area contributed by atoms with Crippen LogP contribution in [-0.4, -0.2) is 33.4 Å². The summed E-state index contributed by atoms with van der Waals surface area (Å²) in [5.41, 5.74) is 0.469. The molecule has 4 bridgehead atoms.